The third-order valence-electron chi connectivity index (χ3n) is 2.29. The van der Waals surface area contributed by atoms with Crippen LogP contribution in [0.3, 0.4) is 0 Å². The topological polar surface area (TPSA) is 77.9 Å². The van der Waals surface area contributed by atoms with E-state index in [2.05, 4.69) is 4.98 Å². The fourth-order valence-electron chi connectivity index (χ4n) is 1.42. The molecule has 0 radical (unpaired) electrons. The van der Waals surface area contributed by atoms with Gasteiger partial charge in [-0.3, -0.25) is 0 Å². The molecule has 1 rings (SSSR count). The summed E-state index contributed by atoms with van der Waals surface area (Å²) in [5.41, 5.74) is 0.796. The average Bonchev–Trinajstić information content (AvgIpc) is 2.37. The fraction of sp³-hybridized carbons (Fsp3) is 0.538. The molecule has 0 bridgehead atoms. The van der Waals surface area contributed by atoms with E-state index in [1.807, 2.05) is 0 Å². The molecule has 1 aromatic rings. The number of ether oxygens (including phenoxy) is 3. The Morgan fingerprint density at radius 2 is 2.05 bits per heavy atom. The van der Waals surface area contributed by atoms with Crippen molar-refractivity contribution in [2.45, 2.75) is 13.3 Å². The molecule has 6 nitrogen and oxygen atoms in total. The van der Waals surface area contributed by atoms with Crippen molar-refractivity contribution >= 4 is 5.97 Å². The minimum absolute atomic E-state index is 0.179. The van der Waals surface area contributed by atoms with Crippen molar-refractivity contribution in [3.63, 3.8) is 0 Å². The van der Waals surface area contributed by atoms with E-state index in [0.29, 0.717) is 44.4 Å². The van der Waals surface area contributed by atoms with Gasteiger partial charge in [0.1, 0.15) is 0 Å². The number of methoxy groups -OCH3 is 1. The highest BCUT2D eigenvalue weighted by atomic mass is 16.5. The predicted molar refractivity (Wildman–Crippen MR) is 68.7 cm³/mol. The highest BCUT2D eigenvalue weighted by Gasteiger charge is 2.07. The van der Waals surface area contributed by atoms with Gasteiger partial charge in [0, 0.05) is 31.9 Å². The largest absolute Gasteiger partial charge is 0.478 e. The number of carboxylic acid groups (broad SMARTS) is 1. The molecule has 6 heteroatoms. The van der Waals surface area contributed by atoms with E-state index in [4.69, 9.17) is 19.3 Å². The molecule has 0 unspecified atom stereocenters. The van der Waals surface area contributed by atoms with E-state index < -0.39 is 5.97 Å². The number of carboxylic acids is 1. The summed E-state index contributed by atoms with van der Waals surface area (Å²) in [6.07, 6.45) is 0.710. The van der Waals surface area contributed by atoms with Crippen LogP contribution < -0.4 is 4.74 Å². The maximum Gasteiger partial charge on any atom is 0.335 e. The minimum atomic E-state index is -0.988. The van der Waals surface area contributed by atoms with Crippen molar-refractivity contribution < 1.29 is 24.1 Å². The number of aromatic nitrogens is 1. The first-order valence-electron chi connectivity index (χ1n) is 6.05. The van der Waals surface area contributed by atoms with Crippen molar-refractivity contribution in [3.05, 3.63) is 23.4 Å². The van der Waals surface area contributed by atoms with Crippen LogP contribution in [0, 0.1) is 6.92 Å². The van der Waals surface area contributed by atoms with Crippen LogP contribution >= 0.6 is 0 Å². The first-order chi connectivity index (χ1) is 9.13. The van der Waals surface area contributed by atoms with Crippen LogP contribution in [-0.4, -0.2) is 49.6 Å². The lowest BCUT2D eigenvalue weighted by Crippen LogP contribution is -2.08. The Hall–Kier alpha value is -1.66. The lowest BCUT2D eigenvalue weighted by Gasteiger charge is -2.07. The molecular weight excluding hydrogens is 250 g/mol. The van der Waals surface area contributed by atoms with Gasteiger partial charge >= 0.3 is 5.97 Å². The van der Waals surface area contributed by atoms with Crippen LogP contribution in [0.4, 0.5) is 0 Å². The Labute approximate surface area is 112 Å². The summed E-state index contributed by atoms with van der Waals surface area (Å²) < 4.78 is 15.5. The first-order valence-corrected chi connectivity index (χ1v) is 6.05. The molecule has 0 aliphatic carbocycles. The Morgan fingerprint density at radius 3 is 2.74 bits per heavy atom. The zero-order chi connectivity index (χ0) is 14.1. The van der Waals surface area contributed by atoms with Gasteiger partial charge in [-0.2, -0.15) is 0 Å². The molecule has 0 spiro atoms. The molecule has 0 fully saturated rings. The second kappa shape index (κ2) is 8.44. The Kier molecular flexibility index (Phi) is 6.84. The van der Waals surface area contributed by atoms with Gasteiger partial charge in [0.25, 0.3) is 0 Å². The lowest BCUT2D eigenvalue weighted by molar-refractivity contribution is 0.0640. The van der Waals surface area contributed by atoms with Gasteiger partial charge in [-0.15, -0.1) is 0 Å². The maximum atomic E-state index is 10.9. The molecule has 0 aliphatic heterocycles. The average molecular weight is 269 g/mol. The number of pyridine rings is 1. The predicted octanol–water partition coefficient (Wildman–Crippen LogP) is 1.52. The summed E-state index contributed by atoms with van der Waals surface area (Å²) in [6.45, 7) is 3.86. The van der Waals surface area contributed by atoms with E-state index in [9.17, 15) is 4.79 Å². The number of aryl methyl sites for hydroxylation is 1. The molecule has 106 valence electrons. The summed E-state index contributed by atoms with van der Waals surface area (Å²) in [5, 5.41) is 8.91. The zero-order valence-corrected chi connectivity index (χ0v) is 11.2. The molecule has 1 aromatic heterocycles. The normalized spacial score (nSPS) is 10.4. The van der Waals surface area contributed by atoms with Crippen LogP contribution in [0.5, 0.6) is 5.88 Å². The highest BCUT2D eigenvalue weighted by molar-refractivity contribution is 5.87. The van der Waals surface area contributed by atoms with E-state index in [0.717, 1.165) is 0 Å². The van der Waals surface area contributed by atoms with Crippen molar-refractivity contribution in [1.82, 2.24) is 4.98 Å². The van der Waals surface area contributed by atoms with Crippen LogP contribution in [0.15, 0.2) is 12.1 Å². The van der Waals surface area contributed by atoms with Crippen LogP contribution in [0.2, 0.25) is 0 Å². The van der Waals surface area contributed by atoms with Gasteiger partial charge < -0.3 is 19.3 Å². The van der Waals surface area contributed by atoms with Gasteiger partial charge in [0.05, 0.1) is 25.4 Å². The number of carbonyl (C=O) groups is 1. The highest BCUT2D eigenvalue weighted by Crippen LogP contribution is 2.12. The minimum Gasteiger partial charge on any atom is -0.478 e. The summed E-state index contributed by atoms with van der Waals surface area (Å²) in [6, 6.07) is 2.92. The fourth-order valence-corrected chi connectivity index (χ4v) is 1.42. The Morgan fingerprint density at radius 1 is 1.26 bits per heavy atom. The molecule has 0 amide bonds. The van der Waals surface area contributed by atoms with Gasteiger partial charge in [-0.05, 0) is 13.0 Å². The monoisotopic (exact) mass is 269 g/mol. The number of hydrogen-bond acceptors (Lipinski definition) is 5. The quantitative estimate of drug-likeness (QED) is 0.685. The zero-order valence-electron chi connectivity index (χ0n) is 11.2. The summed E-state index contributed by atoms with van der Waals surface area (Å²) in [7, 11) is 1.62. The van der Waals surface area contributed by atoms with Crippen molar-refractivity contribution in [2.24, 2.45) is 0 Å². The molecule has 0 saturated carbocycles. The molecular formula is C13H19NO5. The maximum absolute atomic E-state index is 10.9. The standard InChI is InChI=1S/C13H19NO5/c1-10-8-11(13(15)16)9-12(14-10)19-5-3-4-18-7-6-17-2/h8-9H,3-7H2,1-2H3,(H,15,16). The van der Waals surface area contributed by atoms with Crippen molar-refractivity contribution in [2.75, 3.05) is 33.5 Å². The second-order valence-electron chi connectivity index (χ2n) is 3.95. The lowest BCUT2D eigenvalue weighted by atomic mass is 10.2. The number of rotatable bonds is 9. The first kappa shape index (κ1) is 15.4. The molecule has 1 N–H and O–H groups in total. The second-order valence-corrected chi connectivity index (χ2v) is 3.95. The van der Waals surface area contributed by atoms with Crippen LogP contribution in [-0.2, 0) is 9.47 Å². The molecule has 0 saturated heterocycles. The van der Waals surface area contributed by atoms with E-state index in [-0.39, 0.29) is 5.56 Å². The molecule has 19 heavy (non-hydrogen) atoms. The Balaban J connectivity index is 2.31. The molecule has 1 heterocycles. The summed E-state index contributed by atoms with van der Waals surface area (Å²) in [5.74, 6) is -0.660. The van der Waals surface area contributed by atoms with E-state index in [1.54, 1.807) is 14.0 Å². The van der Waals surface area contributed by atoms with E-state index in [1.165, 1.54) is 12.1 Å². The van der Waals surface area contributed by atoms with Gasteiger partial charge in [0.15, 0.2) is 0 Å². The van der Waals surface area contributed by atoms with Crippen LogP contribution in [0.1, 0.15) is 22.5 Å². The SMILES string of the molecule is COCCOCCCOc1cc(C(=O)O)cc(C)n1. The van der Waals surface area contributed by atoms with Gasteiger partial charge in [0.2, 0.25) is 5.88 Å². The number of aromatic carboxylic acids is 1. The van der Waals surface area contributed by atoms with Crippen LogP contribution in [0.25, 0.3) is 0 Å². The summed E-state index contributed by atoms with van der Waals surface area (Å²) >= 11 is 0. The van der Waals surface area contributed by atoms with Crippen molar-refractivity contribution in [1.29, 1.82) is 0 Å². The van der Waals surface area contributed by atoms with Crippen molar-refractivity contribution in [3.8, 4) is 5.88 Å². The molecule has 0 aliphatic rings. The summed E-state index contributed by atoms with van der Waals surface area (Å²) in [4.78, 5) is 15.0. The van der Waals surface area contributed by atoms with Gasteiger partial charge in [-0.25, -0.2) is 9.78 Å². The third-order valence-corrected chi connectivity index (χ3v) is 2.29. The molecule has 0 atom stereocenters. The molecule has 0 aromatic carbocycles. The number of nitrogens with zero attached hydrogens (tertiary/aromatic N) is 1. The third kappa shape index (κ3) is 6.17. The smallest absolute Gasteiger partial charge is 0.335 e. The number of hydrogen-bond donors (Lipinski definition) is 1. The Bertz CT molecular complexity index is 408. The van der Waals surface area contributed by atoms with E-state index >= 15 is 0 Å². The van der Waals surface area contributed by atoms with Gasteiger partial charge in [-0.1, -0.05) is 0 Å².